The molecule has 0 bridgehead atoms. The van der Waals surface area contributed by atoms with Gasteiger partial charge in [0.15, 0.2) is 5.96 Å². The van der Waals surface area contributed by atoms with Gasteiger partial charge >= 0.3 is 0 Å². The smallest absolute Gasteiger partial charge is 0.191 e. The summed E-state index contributed by atoms with van der Waals surface area (Å²) in [6, 6.07) is 8.42. The van der Waals surface area contributed by atoms with Gasteiger partial charge in [-0.1, -0.05) is 12.1 Å². The number of guanidine groups is 1. The Morgan fingerprint density at radius 3 is 2.33 bits per heavy atom. The Morgan fingerprint density at radius 2 is 1.83 bits per heavy atom. The number of nitrogens with zero attached hydrogens (tertiary/aromatic N) is 2. The van der Waals surface area contributed by atoms with Crippen LogP contribution in [-0.4, -0.2) is 65.9 Å². The fourth-order valence-electron chi connectivity index (χ4n) is 2.26. The first-order valence-corrected chi connectivity index (χ1v) is 7.86. The lowest BCUT2D eigenvalue weighted by molar-refractivity contribution is 0.195. The molecule has 24 heavy (non-hydrogen) atoms. The summed E-state index contributed by atoms with van der Waals surface area (Å²) in [5, 5.41) is 6.67. The van der Waals surface area contributed by atoms with Gasteiger partial charge in [-0.25, -0.2) is 0 Å². The second kappa shape index (κ2) is 13.3. The van der Waals surface area contributed by atoms with Gasteiger partial charge < -0.3 is 25.0 Å². The summed E-state index contributed by atoms with van der Waals surface area (Å²) >= 11 is 0. The average molecular weight is 450 g/mol. The Hall–Kier alpha value is -1.06. The van der Waals surface area contributed by atoms with Crippen LogP contribution in [0.15, 0.2) is 29.3 Å². The minimum absolute atomic E-state index is 0. The molecule has 0 saturated carbocycles. The van der Waals surface area contributed by atoms with Gasteiger partial charge in [0.2, 0.25) is 0 Å². The maximum Gasteiger partial charge on any atom is 0.191 e. The zero-order chi connectivity index (χ0) is 17.1. The quantitative estimate of drug-likeness (QED) is 0.261. The Morgan fingerprint density at radius 1 is 1.17 bits per heavy atom. The predicted molar refractivity (Wildman–Crippen MR) is 111 cm³/mol. The second-order valence-electron chi connectivity index (χ2n) is 5.48. The third-order valence-corrected chi connectivity index (χ3v) is 3.63. The molecule has 0 aliphatic rings. The van der Waals surface area contributed by atoms with Crippen LogP contribution in [0.5, 0.6) is 5.75 Å². The highest BCUT2D eigenvalue weighted by molar-refractivity contribution is 14.0. The molecule has 1 aromatic rings. The summed E-state index contributed by atoms with van der Waals surface area (Å²) in [6.45, 7) is 2.35. The van der Waals surface area contributed by atoms with Gasteiger partial charge in [0.1, 0.15) is 5.75 Å². The van der Waals surface area contributed by atoms with Gasteiger partial charge in [0, 0.05) is 33.9 Å². The standard InChI is InChI=1S/C17H30N4O2.HI/c1-18-17(19-11-6-12-22-4)20-13-16(21(2)3)14-7-9-15(23-5)10-8-14;/h7-10,16H,6,11-13H2,1-5H3,(H2,18,19,20);1H. The van der Waals surface area contributed by atoms with Crippen LogP contribution in [0.4, 0.5) is 0 Å². The van der Waals surface area contributed by atoms with E-state index in [0.29, 0.717) is 0 Å². The van der Waals surface area contributed by atoms with Crippen molar-refractivity contribution in [1.29, 1.82) is 0 Å². The molecule has 0 saturated heterocycles. The van der Waals surface area contributed by atoms with E-state index in [1.807, 2.05) is 12.1 Å². The van der Waals surface area contributed by atoms with E-state index in [1.165, 1.54) is 5.56 Å². The molecule has 0 aromatic heterocycles. The van der Waals surface area contributed by atoms with Crippen molar-refractivity contribution in [3.63, 3.8) is 0 Å². The zero-order valence-corrected chi connectivity index (χ0v) is 17.7. The largest absolute Gasteiger partial charge is 0.497 e. The summed E-state index contributed by atoms with van der Waals surface area (Å²) in [5.41, 5.74) is 1.23. The molecule has 2 N–H and O–H groups in total. The molecular formula is C17H31IN4O2. The van der Waals surface area contributed by atoms with Gasteiger partial charge in [-0.3, -0.25) is 4.99 Å². The van der Waals surface area contributed by atoms with E-state index < -0.39 is 0 Å². The first-order valence-electron chi connectivity index (χ1n) is 7.86. The van der Waals surface area contributed by atoms with Crippen LogP contribution in [0.2, 0.25) is 0 Å². The number of hydrogen-bond donors (Lipinski definition) is 2. The number of nitrogens with one attached hydrogen (secondary N) is 2. The molecule has 1 unspecified atom stereocenters. The molecule has 6 nitrogen and oxygen atoms in total. The molecule has 0 radical (unpaired) electrons. The first-order chi connectivity index (χ1) is 11.1. The van der Waals surface area contributed by atoms with Gasteiger partial charge in [-0.2, -0.15) is 0 Å². The van der Waals surface area contributed by atoms with Crippen LogP contribution >= 0.6 is 24.0 Å². The van der Waals surface area contributed by atoms with Crippen molar-refractivity contribution in [2.24, 2.45) is 4.99 Å². The molecule has 0 amide bonds. The second-order valence-corrected chi connectivity index (χ2v) is 5.48. The van der Waals surface area contributed by atoms with Crippen LogP contribution in [0.1, 0.15) is 18.0 Å². The summed E-state index contributed by atoms with van der Waals surface area (Å²) in [6.07, 6.45) is 0.951. The van der Waals surface area contributed by atoms with Crippen molar-refractivity contribution in [3.05, 3.63) is 29.8 Å². The number of rotatable bonds is 9. The zero-order valence-electron chi connectivity index (χ0n) is 15.3. The minimum atomic E-state index is 0. The molecular weight excluding hydrogens is 419 g/mol. The summed E-state index contributed by atoms with van der Waals surface area (Å²) < 4.78 is 10.3. The number of benzene rings is 1. The monoisotopic (exact) mass is 450 g/mol. The van der Waals surface area contributed by atoms with Crippen molar-refractivity contribution in [1.82, 2.24) is 15.5 Å². The third-order valence-electron chi connectivity index (χ3n) is 3.63. The highest BCUT2D eigenvalue weighted by Gasteiger charge is 2.14. The average Bonchev–Trinajstić information content (AvgIpc) is 2.57. The Kier molecular flexibility index (Phi) is 12.7. The van der Waals surface area contributed by atoms with E-state index in [-0.39, 0.29) is 30.0 Å². The number of likely N-dealkylation sites (N-methyl/N-ethyl adjacent to an activating group) is 1. The van der Waals surface area contributed by atoms with E-state index in [1.54, 1.807) is 21.3 Å². The van der Waals surface area contributed by atoms with Gasteiger partial charge in [0.05, 0.1) is 13.2 Å². The van der Waals surface area contributed by atoms with Crippen LogP contribution in [-0.2, 0) is 4.74 Å². The molecule has 0 fully saturated rings. The van der Waals surface area contributed by atoms with E-state index in [4.69, 9.17) is 9.47 Å². The van der Waals surface area contributed by atoms with Crippen molar-refractivity contribution < 1.29 is 9.47 Å². The Labute approximate surface area is 163 Å². The fourth-order valence-corrected chi connectivity index (χ4v) is 2.26. The first kappa shape index (κ1) is 22.9. The van der Waals surface area contributed by atoms with Gasteiger partial charge in [-0.15, -0.1) is 24.0 Å². The number of methoxy groups -OCH3 is 2. The van der Waals surface area contributed by atoms with Crippen molar-refractivity contribution >= 4 is 29.9 Å². The summed E-state index contributed by atoms with van der Waals surface area (Å²) in [4.78, 5) is 6.44. The highest BCUT2D eigenvalue weighted by Crippen LogP contribution is 2.20. The van der Waals surface area contributed by atoms with Crippen LogP contribution in [0.3, 0.4) is 0 Å². The molecule has 1 atom stereocenters. The van der Waals surface area contributed by atoms with Crippen LogP contribution in [0, 0.1) is 0 Å². The van der Waals surface area contributed by atoms with Crippen molar-refractivity contribution in [3.8, 4) is 5.75 Å². The summed E-state index contributed by atoms with van der Waals surface area (Å²) in [7, 11) is 9.32. The minimum Gasteiger partial charge on any atom is -0.497 e. The van der Waals surface area contributed by atoms with Gasteiger partial charge in [0.25, 0.3) is 0 Å². The lowest BCUT2D eigenvalue weighted by Crippen LogP contribution is -2.42. The van der Waals surface area contributed by atoms with Gasteiger partial charge in [-0.05, 0) is 38.2 Å². The molecule has 138 valence electrons. The predicted octanol–water partition coefficient (Wildman–Crippen LogP) is 2.12. The number of halogens is 1. The Bertz CT molecular complexity index is 466. The van der Waals surface area contributed by atoms with E-state index in [2.05, 4.69) is 46.8 Å². The van der Waals surface area contributed by atoms with Crippen molar-refractivity contribution in [2.75, 3.05) is 55.1 Å². The lowest BCUT2D eigenvalue weighted by atomic mass is 10.1. The number of hydrogen-bond acceptors (Lipinski definition) is 4. The molecule has 7 heteroatoms. The third kappa shape index (κ3) is 8.16. The van der Waals surface area contributed by atoms with E-state index in [0.717, 1.165) is 37.8 Å². The number of ether oxygens (including phenoxy) is 2. The molecule has 0 heterocycles. The van der Waals surface area contributed by atoms with E-state index in [9.17, 15) is 0 Å². The SMILES string of the molecule is CN=C(NCCCOC)NCC(c1ccc(OC)cc1)N(C)C.I. The molecule has 1 aromatic carbocycles. The maximum absolute atomic E-state index is 5.22. The summed E-state index contributed by atoms with van der Waals surface area (Å²) in [5.74, 6) is 1.68. The van der Waals surface area contributed by atoms with Crippen molar-refractivity contribution in [2.45, 2.75) is 12.5 Å². The van der Waals surface area contributed by atoms with E-state index >= 15 is 0 Å². The molecule has 0 aliphatic heterocycles. The van der Waals surface area contributed by atoms with Crippen LogP contribution < -0.4 is 15.4 Å². The highest BCUT2D eigenvalue weighted by atomic mass is 127. The maximum atomic E-state index is 5.22. The normalized spacial score (nSPS) is 12.5. The molecule has 0 spiro atoms. The fraction of sp³-hybridized carbons (Fsp3) is 0.588. The molecule has 0 aliphatic carbocycles. The number of aliphatic imine (C=N–C) groups is 1. The van der Waals surface area contributed by atoms with Crippen LogP contribution in [0.25, 0.3) is 0 Å². The topological polar surface area (TPSA) is 58.1 Å². The lowest BCUT2D eigenvalue weighted by Gasteiger charge is -2.26. The molecule has 1 rings (SSSR count). The Balaban J connectivity index is 0.00000529.